The molecular formula is C54H71BrCl2N2O12P2Si. The lowest BCUT2D eigenvalue weighted by Gasteiger charge is -2.26. The van der Waals surface area contributed by atoms with E-state index in [0.29, 0.717) is 38.2 Å². The summed E-state index contributed by atoms with van der Waals surface area (Å²) in [6.07, 6.45) is 1.00. The van der Waals surface area contributed by atoms with Gasteiger partial charge in [0.15, 0.2) is 0 Å². The second-order valence-corrected chi connectivity index (χ2v) is 32.6. The fourth-order valence-corrected chi connectivity index (χ4v) is 8.85. The number of rotatable bonds is 24. The summed E-state index contributed by atoms with van der Waals surface area (Å²) in [5, 5.41) is 0.194. The number of alkyl halides is 2. The molecule has 74 heavy (non-hydrogen) atoms. The van der Waals surface area contributed by atoms with E-state index in [2.05, 4.69) is 44.7 Å². The number of ether oxygens (including phenoxy) is 6. The Morgan fingerprint density at radius 2 is 0.676 bits per heavy atom. The number of benzene rings is 6. The lowest BCUT2D eigenvalue weighted by Crippen LogP contribution is -2.10. The van der Waals surface area contributed by atoms with Crippen molar-refractivity contribution in [2.75, 3.05) is 82.3 Å². The minimum absolute atomic E-state index is 0.187. The Balaban J connectivity index is 0.000000342. The molecule has 0 heterocycles. The van der Waals surface area contributed by atoms with E-state index < -0.39 is 21.9 Å². The highest BCUT2D eigenvalue weighted by atomic mass is 79.9. The second kappa shape index (κ2) is 33.4. The van der Waals surface area contributed by atoms with Crippen molar-refractivity contribution in [1.29, 1.82) is 0 Å². The molecule has 6 aromatic carbocycles. The molecule has 0 spiro atoms. The van der Waals surface area contributed by atoms with Gasteiger partial charge in [-0.2, -0.15) is 0 Å². The molecule has 6 aromatic rings. The van der Waals surface area contributed by atoms with Gasteiger partial charge in [0.1, 0.15) is 41.2 Å². The van der Waals surface area contributed by atoms with Gasteiger partial charge in [0.25, 0.3) is 0 Å². The van der Waals surface area contributed by atoms with E-state index in [1.54, 1.807) is 28.4 Å². The molecule has 0 aromatic heterocycles. The van der Waals surface area contributed by atoms with Gasteiger partial charge in [0.2, 0.25) is 0 Å². The van der Waals surface area contributed by atoms with Crippen molar-refractivity contribution in [3.8, 4) is 34.5 Å². The van der Waals surface area contributed by atoms with Crippen molar-refractivity contribution in [3.63, 3.8) is 0 Å². The third kappa shape index (κ3) is 23.9. The largest absolute Gasteiger partial charge is 0.497 e. The van der Waals surface area contributed by atoms with E-state index >= 15 is 0 Å². The summed E-state index contributed by atoms with van der Waals surface area (Å²) in [7, 11) is -0.463. The predicted molar refractivity (Wildman–Crippen MR) is 310 cm³/mol. The van der Waals surface area contributed by atoms with E-state index in [4.69, 9.17) is 70.5 Å². The van der Waals surface area contributed by atoms with Crippen LogP contribution >= 0.6 is 53.7 Å². The first kappa shape index (κ1) is 63.6. The van der Waals surface area contributed by atoms with Crippen LogP contribution in [0, 0.1) is 0 Å². The Bertz CT molecular complexity index is 2450. The first-order valence-electron chi connectivity index (χ1n) is 23.7. The SMILES string of the molecule is CCOP(=O)(CCCOc1ccc(N(c2ccc(OC)cc2)c2ccc(OC)cc2)cc1)OCC.COc1ccc(N(c2ccc(OC)cc2)c2ccc(OCCCP(=O)(O)O)cc2)cc1.C[Si](C)(C)Br.ClCCl. The zero-order valence-electron chi connectivity index (χ0n) is 43.6. The molecule has 0 fully saturated rings. The van der Waals surface area contributed by atoms with Gasteiger partial charge in [-0.05, 0) is 172 Å². The number of halogens is 3. The second-order valence-electron chi connectivity index (χ2n) is 16.6. The summed E-state index contributed by atoms with van der Waals surface area (Å²) in [5.74, 6) is 4.52. The molecule has 0 saturated heterocycles. The summed E-state index contributed by atoms with van der Waals surface area (Å²) in [6, 6.07) is 46.8. The van der Waals surface area contributed by atoms with E-state index in [9.17, 15) is 9.13 Å². The molecule has 2 N–H and O–H groups in total. The Morgan fingerprint density at radius 3 is 0.878 bits per heavy atom. The maximum absolute atomic E-state index is 12.6. The lowest BCUT2D eigenvalue weighted by molar-refractivity contribution is 0.216. The van der Waals surface area contributed by atoms with Crippen molar-refractivity contribution in [3.05, 3.63) is 146 Å². The van der Waals surface area contributed by atoms with Crippen LogP contribution in [0.1, 0.15) is 26.7 Å². The summed E-state index contributed by atoms with van der Waals surface area (Å²) < 4.78 is 66.8. The third-order valence-electron chi connectivity index (χ3n) is 9.87. The van der Waals surface area contributed by atoms with Gasteiger partial charge >= 0.3 is 15.2 Å². The zero-order valence-corrected chi connectivity index (χ0v) is 49.5. The van der Waals surface area contributed by atoms with E-state index in [0.717, 1.165) is 62.9 Å². The van der Waals surface area contributed by atoms with Crippen molar-refractivity contribution < 1.29 is 56.4 Å². The van der Waals surface area contributed by atoms with E-state index in [1.165, 1.54) is 0 Å². The maximum atomic E-state index is 12.6. The highest BCUT2D eigenvalue weighted by Crippen LogP contribution is 2.48. The lowest BCUT2D eigenvalue weighted by atomic mass is 10.2. The highest BCUT2D eigenvalue weighted by Gasteiger charge is 2.23. The van der Waals surface area contributed by atoms with Crippen LogP contribution < -0.4 is 38.2 Å². The standard InChI is InChI=1S/C27H34NO6P.C23H26NO6P.C3H9BrSi.CH2Cl2/c1-5-33-35(29,34-6-2)21-7-20-32-27-18-12-24(13-19-27)28(22-8-14-25(30-3)15-9-22)23-10-16-26(31-4)17-11-23;1-28-21-10-4-18(5-11-21)24(19-6-12-22(29-2)13-7-19)20-8-14-23(15-9-20)30-16-3-17-31(25,26)27;1-5(2,3)4;2-1-3/h8-19H,5-7,20-21H2,1-4H3;4-15H,3,16-17H2,1-2H3,(H2,25,26,27);1-3H3;1H2. The molecular weight excluding hydrogens is 1110 g/mol. The molecule has 0 unspecified atom stereocenters. The van der Waals surface area contributed by atoms with Crippen LogP contribution in [0.5, 0.6) is 34.5 Å². The topological polar surface area (TPSA) is 155 Å². The molecule has 0 aliphatic rings. The Kier molecular flexibility index (Phi) is 28.7. The van der Waals surface area contributed by atoms with Crippen molar-refractivity contribution in [2.45, 2.75) is 46.3 Å². The average molecular weight is 1180 g/mol. The van der Waals surface area contributed by atoms with Crippen LogP contribution in [-0.2, 0) is 18.2 Å². The Morgan fingerprint density at radius 1 is 0.459 bits per heavy atom. The number of anilines is 6. The third-order valence-corrected chi connectivity index (χ3v) is 12.9. The summed E-state index contributed by atoms with van der Waals surface area (Å²) in [5.41, 5.74) is 5.81. The first-order chi connectivity index (χ1) is 35.3. The minimum atomic E-state index is -3.99. The predicted octanol–water partition coefficient (Wildman–Crippen LogP) is 16.0. The number of methoxy groups -OCH3 is 4. The van der Waals surface area contributed by atoms with Crippen molar-refractivity contribution in [2.24, 2.45) is 0 Å². The van der Waals surface area contributed by atoms with Crippen LogP contribution in [0.15, 0.2) is 146 Å². The van der Waals surface area contributed by atoms with Gasteiger partial charge in [-0.3, -0.25) is 9.13 Å². The Labute approximate surface area is 457 Å². The highest BCUT2D eigenvalue weighted by molar-refractivity contribution is 9.26. The van der Waals surface area contributed by atoms with Crippen LogP contribution in [0.3, 0.4) is 0 Å². The molecule has 0 amide bonds. The van der Waals surface area contributed by atoms with Gasteiger partial charge in [-0.25, -0.2) is 0 Å². The van der Waals surface area contributed by atoms with Crippen LogP contribution in [-0.4, -0.2) is 89.0 Å². The van der Waals surface area contributed by atoms with Gasteiger partial charge in [-0.1, -0.05) is 19.6 Å². The fraction of sp³-hybridized carbons (Fsp3) is 0.333. The maximum Gasteiger partial charge on any atom is 0.330 e. The van der Waals surface area contributed by atoms with Gasteiger partial charge in [0, 0.05) is 34.1 Å². The van der Waals surface area contributed by atoms with E-state index in [1.807, 2.05) is 159 Å². The van der Waals surface area contributed by atoms with Crippen molar-refractivity contribution in [1.82, 2.24) is 0 Å². The summed E-state index contributed by atoms with van der Waals surface area (Å²) in [6.45, 7) is 10.9. The molecule has 20 heteroatoms. The van der Waals surface area contributed by atoms with Gasteiger partial charge in [0.05, 0.1) is 72.5 Å². The van der Waals surface area contributed by atoms with Crippen LogP contribution in [0.25, 0.3) is 0 Å². The van der Waals surface area contributed by atoms with Crippen LogP contribution in [0.2, 0.25) is 19.6 Å². The monoisotopic (exact) mass is 1180 g/mol. The van der Waals surface area contributed by atoms with Crippen molar-refractivity contribution >= 4 is 94.5 Å². The summed E-state index contributed by atoms with van der Waals surface area (Å²) in [4.78, 5) is 22.1. The smallest absolute Gasteiger partial charge is 0.330 e. The number of nitrogens with zero attached hydrogens (tertiary/aromatic N) is 2. The van der Waals surface area contributed by atoms with E-state index in [-0.39, 0.29) is 24.5 Å². The molecule has 6 rings (SSSR count). The number of hydrogen-bond acceptors (Lipinski definition) is 12. The molecule has 0 radical (unpaired) electrons. The molecule has 0 saturated carbocycles. The zero-order chi connectivity index (χ0) is 54.6. The molecule has 0 bridgehead atoms. The molecule has 0 atom stereocenters. The molecule has 14 nitrogen and oxygen atoms in total. The normalized spacial score (nSPS) is 11.0. The first-order valence-corrected chi connectivity index (χ1v) is 34.0. The molecule has 0 aliphatic carbocycles. The fourth-order valence-electron chi connectivity index (χ4n) is 6.67. The summed E-state index contributed by atoms with van der Waals surface area (Å²) >= 11 is 13.0. The average Bonchev–Trinajstić information content (AvgIpc) is 3.38. The minimum Gasteiger partial charge on any atom is -0.497 e. The van der Waals surface area contributed by atoms with Crippen LogP contribution in [0.4, 0.5) is 34.1 Å². The molecule has 404 valence electrons. The van der Waals surface area contributed by atoms with Gasteiger partial charge in [-0.15, -0.1) is 38.5 Å². The quantitative estimate of drug-likeness (QED) is 0.0194. The number of hydrogen-bond donors (Lipinski definition) is 2. The Hall–Kier alpha value is -4.70. The van der Waals surface area contributed by atoms with Gasteiger partial charge < -0.3 is 57.1 Å². The molecule has 0 aliphatic heterocycles.